The first-order valence-corrected chi connectivity index (χ1v) is 6.99. The van der Waals surface area contributed by atoms with Crippen molar-refractivity contribution >= 4 is 5.69 Å². The van der Waals surface area contributed by atoms with Gasteiger partial charge in [-0.05, 0) is 37.8 Å². The van der Waals surface area contributed by atoms with Crippen LogP contribution in [0, 0.1) is 0 Å². The number of rotatable bonds is 5. The lowest BCUT2D eigenvalue weighted by atomic mass is 10.1. The molecule has 0 bridgehead atoms. The second kappa shape index (κ2) is 6.76. The van der Waals surface area contributed by atoms with E-state index >= 15 is 0 Å². The van der Waals surface area contributed by atoms with E-state index in [-0.39, 0.29) is 6.10 Å². The SMILES string of the molecule is CCOC(CN)CN1CCCCc2ccccc21. The lowest BCUT2D eigenvalue weighted by Crippen LogP contribution is -2.39. The second-order valence-corrected chi connectivity index (χ2v) is 4.84. The van der Waals surface area contributed by atoms with Crippen molar-refractivity contribution in [3.8, 4) is 0 Å². The minimum Gasteiger partial charge on any atom is -0.375 e. The van der Waals surface area contributed by atoms with E-state index in [1.807, 2.05) is 6.92 Å². The zero-order valence-corrected chi connectivity index (χ0v) is 11.3. The van der Waals surface area contributed by atoms with Crippen LogP contribution in [-0.4, -0.2) is 32.3 Å². The van der Waals surface area contributed by atoms with Crippen molar-refractivity contribution in [2.75, 3.05) is 31.1 Å². The van der Waals surface area contributed by atoms with Gasteiger partial charge in [0.15, 0.2) is 0 Å². The average molecular weight is 248 g/mol. The molecular weight excluding hydrogens is 224 g/mol. The molecular formula is C15H24N2O. The number of anilines is 1. The molecule has 0 saturated heterocycles. The van der Waals surface area contributed by atoms with Crippen LogP contribution in [-0.2, 0) is 11.2 Å². The molecule has 1 heterocycles. The molecule has 0 fully saturated rings. The Morgan fingerprint density at radius 1 is 1.33 bits per heavy atom. The van der Waals surface area contributed by atoms with Gasteiger partial charge in [-0.15, -0.1) is 0 Å². The molecule has 0 saturated carbocycles. The van der Waals surface area contributed by atoms with E-state index in [0.29, 0.717) is 6.54 Å². The predicted molar refractivity (Wildman–Crippen MR) is 76.1 cm³/mol. The summed E-state index contributed by atoms with van der Waals surface area (Å²) in [6.07, 6.45) is 3.85. The van der Waals surface area contributed by atoms with Crippen LogP contribution in [0.1, 0.15) is 25.3 Å². The van der Waals surface area contributed by atoms with Gasteiger partial charge < -0.3 is 15.4 Å². The second-order valence-electron chi connectivity index (χ2n) is 4.84. The molecule has 100 valence electrons. The topological polar surface area (TPSA) is 38.5 Å². The highest BCUT2D eigenvalue weighted by Crippen LogP contribution is 2.26. The largest absolute Gasteiger partial charge is 0.375 e. The monoisotopic (exact) mass is 248 g/mol. The Morgan fingerprint density at radius 3 is 2.94 bits per heavy atom. The van der Waals surface area contributed by atoms with Crippen molar-refractivity contribution in [1.29, 1.82) is 0 Å². The first-order valence-electron chi connectivity index (χ1n) is 6.99. The molecule has 1 atom stereocenters. The van der Waals surface area contributed by atoms with Crippen molar-refractivity contribution in [2.45, 2.75) is 32.3 Å². The van der Waals surface area contributed by atoms with Gasteiger partial charge in [0.05, 0.1) is 6.10 Å². The van der Waals surface area contributed by atoms with Crippen LogP contribution in [0.15, 0.2) is 24.3 Å². The van der Waals surface area contributed by atoms with Crippen LogP contribution >= 0.6 is 0 Å². The van der Waals surface area contributed by atoms with Crippen LogP contribution in [0.3, 0.4) is 0 Å². The van der Waals surface area contributed by atoms with Gasteiger partial charge in [0.2, 0.25) is 0 Å². The molecule has 0 amide bonds. The van der Waals surface area contributed by atoms with Crippen molar-refractivity contribution in [3.63, 3.8) is 0 Å². The van der Waals surface area contributed by atoms with E-state index in [9.17, 15) is 0 Å². The number of ether oxygens (including phenoxy) is 1. The molecule has 1 aliphatic heterocycles. The predicted octanol–water partition coefficient (Wildman–Crippen LogP) is 2.19. The summed E-state index contributed by atoms with van der Waals surface area (Å²) in [4.78, 5) is 2.44. The minimum absolute atomic E-state index is 0.140. The zero-order valence-electron chi connectivity index (χ0n) is 11.3. The summed E-state index contributed by atoms with van der Waals surface area (Å²) in [5.74, 6) is 0. The Kier molecular flexibility index (Phi) is 5.02. The number of aryl methyl sites for hydroxylation is 1. The van der Waals surface area contributed by atoms with Gasteiger partial charge in [-0.3, -0.25) is 0 Å². The molecule has 1 unspecified atom stereocenters. The van der Waals surface area contributed by atoms with E-state index < -0.39 is 0 Å². The average Bonchev–Trinajstić information content (AvgIpc) is 2.61. The highest BCUT2D eigenvalue weighted by atomic mass is 16.5. The Balaban J connectivity index is 2.12. The van der Waals surface area contributed by atoms with E-state index in [0.717, 1.165) is 19.7 Å². The molecule has 0 aromatic heterocycles. The smallest absolute Gasteiger partial charge is 0.0871 e. The Labute approximate surface area is 110 Å². The number of fused-ring (bicyclic) bond motifs is 1. The third-order valence-corrected chi connectivity index (χ3v) is 3.55. The Morgan fingerprint density at radius 2 is 2.17 bits per heavy atom. The lowest BCUT2D eigenvalue weighted by molar-refractivity contribution is 0.0737. The maximum absolute atomic E-state index is 5.78. The summed E-state index contributed by atoms with van der Waals surface area (Å²) in [6, 6.07) is 8.71. The Bertz CT molecular complexity index is 367. The van der Waals surface area contributed by atoms with Crippen LogP contribution in [0.4, 0.5) is 5.69 Å². The molecule has 18 heavy (non-hydrogen) atoms. The maximum atomic E-state index is 5.78. The number of nitrogens with zero attached hydrogens (tertiary/aromatic N) is 1. The molecule has 3 nitrogen and oxygen atoms in total. The van der Waals surface area contributed by atoms with Gasteiger partial charge >= 0.3 is 0 Å². The fourth-order valence-corrected chi connectivity index (χ4v) is 2.64. The van der Waals surface area contributed by atoms with E-state index in [2.05, 4.69) is 29.2 Å². The van der Waals surface area contributed by atoms with Crippen molar-refractivity contribution in [2.24, 2.45) is 5.73 Å². The fraction of sp³-hybridized carbons (Fsp3) is 0.600. The van der Waals surface area contributed by atoms with Crippen molar-refractivity contribution in [3.05, 3.63) is 29.8 Å². The van der Waals surface area contributed by atoms with Gasteiger partial charge in [-0.25, -0.2) is 0 Å². The van der Waals surface area contributed by atoms with Gasteiger partial charge in [-0.1, -0.05) is 18.2 Å². The molecule has 1 aromatic carbocycles. The molecule has 1 aliphatic rings. The van der Waals surface area contributed by atoms with E-state index in [1.165, 1.54) is 30.5 Å². The third kappa shape index (κ3) is 3.24. The summed E-state index contributed by atoms with van der Waals surface area (Å²) in [5, 5.41) is 0. The Hall–Kier alpha value is -1.06. The van der Waals surface area contributed by atoms with Gasteiger partial charge in [0.1, 0.15) is 0 Å². The quantitative estimate of drug-likeness (QED) is 0.868. The molecule has 0 spiro atoms. The highest BCUT2D eigenvalue weighted by Gasteiger charge is 2.18. The van der Waals surface area contributed by atoms with Crippen LogP contribution < -0.4 is 10.6 Å². The molecule has 0 radical (unpaired) electrons. The summed E-state index contributed by atoms with van der Waals surface area (Å²) in [5.41, 5.74) is 8.61. The summed E-state index contributed by atoms with van der Waals surface area (Å²) in [6.45, 7) is 5.37. The molecule has 0 aliphatic carbocycles. The lowest BCUT2D eigenvalue weighted by Gasteiger charge is -2.29. The number of hydrogen-bond acceptors (Lipinski definition) is 3. The van der Waals surface area contributed by atoms with Crippen LogP contribution in [0.25, 0.3) is 0 Å². The summed E-state index contributed by atoms with van der Waals surface area (Å²) < 4.78 is 5.68. The standard InChI is InChI=1S/C15H24N2O/c1-2-18-14(11-16)12-17-10-6-5-8-13-7-3-4-9-15(13)17/h3-4,7,9,14H,2,5-6,8,10-12,16H2,1H3. The molecule has 3 heteroatoms. The van der Waals surface area contributed by atoms with E-state index in [1.54, 1.807) is 0 Å². The number of hydrogen-bond donors (Lipinski definition) is 1. The maximum Gasteiger partial charge on any atom is 0.0871 e. The number of nitrogens with two attached hydrogens (primary N) is 1. The molecule has 2 N–H and O–H groups in total. The van der Waals surface area contributed by atoms with Gasteiger partial charge in [0.25, 0.3) is 0 Å². The zero-order chi connectivity index (χ0) is 12.8. The number of benzene rings is 1. The molecule has 1 aromatic rings. The fourth-order valence-electron chi connectivity index (χ4n) is 2.64. The summed E-state index contributed by atoms with van der Waals surface area (Å²) >= 11 is 0. The van der Waals surface area contributed by atoms with Crippen molar-refractivity contribution < 1.29 is 4.74 Å². The van der Waals surface area contributed by atoms with Crippen LogP contribution in [0.5, 0.6) is 0 Å². The third-order valence-electron chi connectivity index (χ3n) is 3.55. The highest BCUT2D eigenvalue weighted by molar-refractivity contribution is 5.54. The minimum atomic E-state index is 0.140. The van der Waals surface area contributed by atoms with Crippen LogP contribution in [0.2, 0.25) is 0 Å². The molecule has 2 rings (SSSR count). The first-order chi connectivity index (χ1) is 8.85. The van der Waals surface area contributed by atoms with Gasteiger partial charge in [0, 0.05) is 31.9 Å². The summed E-state index contributed by atoms with van der Waals surface area (Å²) in [7, 11) is 0. The first kappa shape index (κ1) is 13.4. The van der Waals surface area contributed by atoms with Crippen molar-refractivity contribution in [1.82, 2.24) is 0 Å². The normalized spacial score (nSPS) is 17.1. The number of para-hydroxylation sites is 1. The van der Waals surface area contributed by atoms with Gasteiger partial charge in [-0.2, -0.15) is 0 Å². The van der Waals surface area contributed by atoms with E-state index in [4.69, 9.17) is 10.5 Å².